The number of para-hydroxylation sites is 2. The quantitative estimate of drug-likeness (QED) is 0.791. The van der Waals surface area contributed by atoms with Crippen molar-refractivity contribution in [3.63, 3.8) is 0 Å². The van der Waals surface area contributed by atoms with Crippen molar-refractivity contribution in [2.24, 2.45) is 4.99 Å². The van der Waals surface area contributed by atoms with Crippen molar-refractivity contribution < 1.29 is 13.2 Å². The summed E-state index contributed by atoms with van der Waals surface area (Å²) >= 11 is 1.35. The van der Waals surface area contributed by atoms with Gasteiger partial charge in [-0.2, -0.15) is 0 Å². The molecule has 0 aliphatic carbocycles. The summed E-state index contributed by atoms with van der Waals surface area (Å²) in [5.74, 6) is 0.278. The molecule has 2 heterocycles. The molecule has 8 heteroatoms. The lowest BCUT2D eigenvalue weighted by Gasteiger charge is -2.26. The summed E-state index contributed by atoms with van der Waals surface area (Å²) in [6.07, 6.45) is 0.843. The van der Waals surface area contributed by atoms with Gasteiger partial charge in [-0.25, -0.2) is 8.42 Å². The SMILES string of the molecule is CCc1ccccc1NC(=O)CSC1=N[C@@H]2CS(=O)(=O)C[C@H]2N1c1ccccc1. The molecule has 1 saturated heterocycles. The summed E-state index contributed by atoms with van der Waals surface area (Å²) in [6.45, 7) is 2.05. The van der Waals surface area contributed by atoms with E-state index in [1.54, 1.807) is 0 Å². The van der Waals surface area contributed by atoms with Crippen LogP contribution in [0, 0.1) is 0 Å². The predicted molar refractivity (Wildman–Crippen MR) is 119 cm³/mol. The number of nitrogens with zero attached hydrogens (tertiary/aromatic N) is 2. The van der Waals surface area contributed by atoms with Crippen LogP contribution in [0.2, 0.25) is 0 Å². The van der Waals surface area contributed by atoms with Gasteiger partial charge in [0.25, 0.3) is 0 Å². The van der Waals surface area contributed by atoms with Gasteiger partial charge in [-0.15, -0.1) is 0 Å². The Morgan fingerprint density at radius 1 is 1.14 bits per heavy atom. The number of aryl methyl sites for hydroxylation is 1. The van der Waals surface area contributed by atoms with Crippen molar-refractivity contribution in [2.45, 2.75) is 25.4 Å². The Balaban J connectivity index is 1.49. The summed E-state index contributed by atoms with van der Waals surface area (Å²) in [7, 11) is -3.09. The molecule has 29 heavy (non-hydrogen) atoms. The van der Waals surface area contributed by atoms with Crippen molar-refractivity contribution in [2.75, 3.05) is 27.5 Å². The molecule has 2 aromatic carbocycles. The average molecular weight is 430 g/mol. The summed E-state index contributed by atoms with van der Waals surface area (Å²) < 4.78 is 24.2. The van der Waals surface area contributed by atoms with E-state index in [-0.39, 0.29) is 35.2 Å². The molecular formula is C21H23N3O3S2. The van der Waals surface area contributed by atoms with E-state index in [1.165, 1.54) is 11.8 Å². The van der Waals surface area contributed by atoms with Crippen LogP contribution in [0.1, 0.15) is 12.5 Å². The van der Waals surface area contributed by atoms with Crippen LogP contribution in [0.15, 0.2) is 59.6 Å². The maximum atomic E-state index is 12.5. The van der Waals surface area contributed by atoms with E-state index in [4.69, 9.17) is 0 Å². The third kappa shape index (κ3) is 4.33. The van der Waals surface area contributed by atoms with E-state index >= 15 is 0 Å². The number of rotatable bonds is 5. The number of amidine groups is 1. The smallest absolute Gasteiger partial charge is 0.234 e. The number of sulfone groups is 1. The highest BCUT2D eigenvalue weighted by Crippen LogP contribution is 2.35. The third-order valence-electron chi connectivity index (χ3n) is 5.15. The van der Waals surface area contributed by atoms with Gasteiger partial charge in [0.15, 0.2) is 15.0 Å². The van der Waals surface area contributed by atoms with Crippen LogP contribution in [0.4, 0.5) is 11.4 Å². The van der Waals surface area contributed by atoms with Crippen LogP contribution in [-0.4, -0.2) is 48.8 Å². The van der Waals surface area contributed by atoms with Crippen LogP contribution in [0.3, 0.4) is 0 Å². The maximum Gasteiger partial charge on any atom is 0.234 e. The van der Waals surface area contributed by atoms with E-state index in [0.29, 0.717) is 5.17 Å². The fourth-order valence-electron chi connectivity index (χ4n) is 3.79. The van der Waals surface area contributed by atoms with Gasteiger partial charge in [0, 0.05) is 11.4 Å². The minimum Gasteiger partial charge on any atom is -0.325 e. The number of carbonyl (C=O) groups is 1. The number of fused-ring (bicyclic) bond motifs is 1. The van der Waals surface area contributed by atoms with Crippen LogP contribution in [0.5, 0.6) is 0 Å². The lowest BCUT2D eigenvalue weighted by Crippen LogP contribution is -2.39. The van der Waals surface area contributed by atoms with E-state index in [9.17, 15) is 13.2 Å². The van der Waals surface area contributed by atoms with Gasteiger partial charge in [-0.05, 0) is 30.2 Å². The zero-order chi connectivity index (χ0) is 20.4. The van der Waals surface area contributed by atoms with Crippen LogP contribution >= 0.6 is 11.8 Å². The standard InChI is InChI=1S/C21H23N3O3S2/c1-2-15-8-6-7-11-17(15)22-20(25)12-28-21-23-18-13-29(26,27)14-19(18)24(21)16-9-4-3-5-10-16/h3-11,18-19H,2,12-14H2,1H3,(H,22,25)/t18-,19-/m1/s1. The van der Waals surface area contributed by atoms with E-state index < -0.39 is 9.84 Å². The first-order valence-corrected chi connectivity index (χ1v) is 12.4. The normalized spacial score (nSPS) is 22.2. The third-order valence-corrected chi connectivity index (χ3v) is 7.81. The average Bonchev–Trinajstić information content (AvgIpc) is 3.18. The zero-order valence-electron chi connectivity index (χ0n) is 16.1. The first-order valence-electron chi connectivity index (χ1n) is 9.60. The molecule has 6 nitrogen and oxygen atoms in total. The summed E-state index contributed by atoms with van der Waals surface area (Å²) in [5, 5.41) is 3.68. The minimum absolute atomic E-state index is 0.0706. The molecule has 2 atom stereocenters. The van der Waals surface area contributed by atoms with Gasteiger partial charge in [0.1, 0.15) is 0 Å². The Morgan fingerprint density at radius 3 is 2.62 bits per heavy atom. The fraction of sp³-hybridized carbons (Fsp3) is 0.333. The largest absolute Gasteiger partial charge is 0.325 e. The van der Waals surface area contributed by atoms with Crippen LogP contribution in [0.25, 0.3) is 0 Å². The van der Waals surface area contributed by atoms with Gasteiger partial charge >= 0.3 is 0 Å². The Labute approximate surface area is 175 Å². The lowest BCUT2D eigenvalue weighted by atomic mass is 10.1. The monoisotopic (exact) mass is 429 g/mol. The molecule has 0 radical (unpaired) electrons. The molecule has 0 aromatic heterocycles. The van der Waals surface area contributed by atoms with Gasteiger partial charge in [0.2, 0.25) is 5.91 Å². The predicted octanol–water partition coefficient (Wildman–Crippen LogP) is 2.96. The Hall–Kier alpha value is -2.32. The lowest BCUT2D eigenvalue weighted by molar-refractivity contribution is -0.113. The summed E-state index contributed by atoms with van der Waals surface area (Å²) in [4.78, 5) is 19.2. The van der Waals surface area contributed by atoms with Crippen molar-refractivity contribution in [3.8, 4) is 0 Å². The van der Waals surface area contributed by atoms with Crippen molar-refractivity contribution in [3.05, 3.63) is 60.2 Å². The molecule has 2 aliphatic rings. The fourth-order valence-corrected chi connectivity index (χ4v) is 6.56. The second kappa shape index (κ2) is 8.20. The molecule has 0 bridgehead atoms. The number of aliphatic imine (C=N–C) groups is 1. The summed E-state index contributed by atoms with van der Waals surface area (Å²) in [5.41, 5.74) is 2.83. The molecular weight excluding hydrogens is 406 g/mol. The second-order valence-electron chi connectivity index (χ2n) is 7.18. The number of carbonyl (C=O) groups excluding carboxylic acids is 1. The van der Waals surface area contributed by atoms with Gasteiger partial charge < -0.3 is 10.2 Å². The highest BCUT2D eigenvalue weighted by molar-refractivity contribution is 8.14. The Morgan fingerprint density at radius 2 is 1.86 bits per heavy atom. The molecule has 1 fully saturated rings. The number of hydrogen-bond donors (Lipinski definition) is 1. The molecule has 4 rings (SSSR count). The van der Waals surface area contributed by atoms with E-state index in [1.807, 2.05) is 59.5 Å². The number of nitrogens with one attached hydrogen (secondary N) is 1. The minimum atomic E-state index is -3.09. The number of amides is 1. The van der Waals surface area contributed by atoms with Crippen molar-refractivity contribution in [1.29, 1.82) is 0 Å². The van der Waals surface area contributed by atoms with E-state index in [2.05, 4.69) is 17.2 Å². The van der Waals surface area contributed by atoms with Gasteiger partial charge in [-0.3, -0.25) is 9.79 Å². The highest BCUT2D eigenvalue weighted by Gasteiger charge is 2.47. The number of anilines is 2. The van der Waals surface area contributed by atoms with Gasteiger partial charge in [-0.1, -0.05) is 55.1 Å². The van der Waals surface area contributed by atoms with Crippen LogP contribution in [-0.2, 0) is 21.1 Å². The molecule has 2 aliphatic heterocycles. The maximum absolute atomic E-state index is 12.5. The number of thioether (sulfide) groups is 1. The number of benzene rings is 2. The molecule has 0 unspecified atom stereocenters. The molecule has 0 spiro atoms. The van der Waals surface area contributed by atoms with Crippen LogP contribution < -0.4 is 10.2 Å². The first-order chi connectivity index (χ1) is 14.0. The molecule has 1 amide bonds. The topological polar surface area (TPSA) is 78.8 Å². The first kappa shape index (κ1) is 20.0. The Bertz CT molecular complexity index is 1040. The van der Waals surface area contributed by atoms with Gasteiger partial charge in [0.05, 0.1) is 29.3 Å². The molecule has 1 N–H and O–H groups in total. The van der Waals surface area contributed by atoms with Crippen molar-refractivity contribution >= 4 is 44.0 Å². The Kier molecular flexibility index (Phi) is 5.65. The molecule has 2 aromatic rings. The molecule has 0 saturated carbocycles. The second-order valence-corrected chi connectivity index (χ2v) is 10.3. The zero-order valence-corrected chi connectivity index (χ0v) is 17.7. The molecule has 152 valence electrons. The summed E-state index contributed by atoms with van der Waals surface area (Å²) in [6, 6.07) is 16.9. The number of hydrogen-bond acceptors (Lipinski definition) is 6. The van der Waals surface area contributed by atoms with Crippen molar-refractivity contribution in [1.82, 2.24) is 0 Å². The highest BCUT2D eigenvalue weighted by atomic mass is 32.2. The van der Waals surface area contributed by atoms with E-state index in [0.717, 1.165) is 23.4 Å².